The van der Waals surface area contributed by atoms with Gasteiger partial charge in [0.25, 0.3) is 0 Å². The summed E-state index contributed by atoms with van der Waals surface area (Å²) in [6.45, 7) is 1.86. The lowest BCUT2D eigenvalue weighted by atomic mass is 10.1. The van der Waals surface area contributed by atoms with Gasteiger partial charge in [0, 0.05) is 14.4 Å². The summed E-state index contributed by atoms with van der Waals surface area (Å²) in [6.07, 6.45) is 0. The van der Waals surface area contributed by atoms with Gasteiger partial charge in [0.05, 0.1) is 11.3 Å². The maximum Gasteiger partial charge on any atom is 0.176 e. The lowest BCUT2D eigenvalue weighted by Crippen LogP contribution is -2.03. The monoisotopic (exact) mass is 370 g/mol. The number of phenolic OH excluding ortho intramolecular Hbond substituents is 1. The molecule has 1 N–H and O–H groups in total. The standard InChI is InChI=1S/C15H12BrClO2S/c1-9-6-14(18)12(7-13(9)16)15(19)8-20-11-4-2-10(17)3-5-11/h2-7,18H,8H2,1H3. The van der Waals surface area contributed by atoms with E-state index in [2.05, 4.69) is 15.9 Å². The van der Waals surface area contributed by atoms with Crippen LogP contribution in [0.1, 0.15) is 15.9 Å². The molecule has 0 saturated carbocycles. The molecule has 2 nitrogen and oxygen atoms in total. The normalized spacial score (nSPS) is 10.6. The van der Waals surface area contributed by atoms with Crippen LogP contribution in [0, 0.1) is 6.92 Å². The van der Waals surface area contributed by atoms with E-state index in [4.69, 9.17) is 11.6 Å². The van der Waals surface area contributed by atoms with E-state index in [1.165, 1.54) is 11.8 Å². The molecule has 0 spiro atoms. The molecule has 0 radical (unpaired) electrons. The molecular weight excluding hydrogens is 360 g/mol. The molecule has 0 amide bonds. The first-order valence-electron chi connectivity index (χ1n) is 5.88. The topological polar surface area (TPSA) is 37.3 Å². The third kappa shape index (κ3) is 3.78. The van der Waals surface area contributed by atoms with Gasteiger partial charge in [-0.3, -0.25) is 4.79 Å². The average molecular weight is 372 g/mol. The third-order valence-electron chi connectivity index (χ3n) is 2.76. The van der Waals surface area contributed by atoms with Gasteiger partial charge >= 0.3 is 0 Å². The summed E-state index contributed by atoms with van der Waals surface area (Å²) in [5.74, 6) is 0.181. The highest BCUT2D eigenvalue weighted by atomic mass is 79.9. The van der Waals surface area contributed by atoms with Crippen LogP contribution in [0.3, 0.4) is 0 Å². The molecule has 0 aliphatic heterocycles. The van der Waals surface area contributed by atoms with Gasteiger partial charge in [-0.15, -0.1) is 11.8 Å². The van der Waals surface area contributed by atoms with E-state index in [9.17, 15) is 9.90 Å². The Balaban J connectivity index is 2.09. The highest BCUT2D eigenvalue weighted by molar-refractivity contribution is 9.10. The number of rotatable bonds is 4. The van der Waals surface area contributed by atoms with Crippen LogP contribution >= 0.6 is 39.3 Å². The predicted molar refractivity (Wildman–Crippen MR) is 87.1 cm³/mol. The minimum Gasteiger partial charge on any atom is -0.507 e. The fourth-order valence-electron chi connectivity index (χ4n) is 1.65. The summed E-state index contributed by atoms with van der Waals surface area (Å²) in [5, 5.41) is 10.5. The largest absolute Gasteiger partial charge is 0.507 e. The molecule has 20 heavy (non-hydrogen) atoms. The quantitative estimate of drug-likeness (QED) is 0.600. The molecule has 104 valence electrons. The lowest BCUT2D eigenvalue weighted by molar-refractivity contribution is 0.102. The Morgan fingerprint density at radius 2 is 1.95 bits per heavy atom. The second-order valence-electron chi connectivity index (χ2n) is 4.28. The first kappa shape index (κ1) is 15.4. The molecular formula is C15H12BrClO2S. The minimum absolute atomic E-state index is 0.0207. The van der Waals surface area contributed by atoms with Crippen LogP contribution in [-0.2, 0) is 0 Å². The van der Waals surface area contributed by atoms with E-state index < -0.39 is 0 Å². The Morgan fingerprint density at radius 1 is 1.30 bits per heavy atom. The summed E-state index contributed by atoms with van der Waals surface area (Å²) < 4.78 is 0.815. The van der Waals surface area contributed by atoms with Gasteiger partial charge in [-0.05, 0) is 48.9 Å². The summed E-state index contributed by atoms with van der Waals surface area (Å²) in [7, 11) is 0. The second-order valence-corrected chi connectivity index (χ2v) is 6.62. The van der Waals surface area contributed by atoms with E-state index in [1.807, 2.05) is 19.1 Å². The van der Waals surface area contributed by atoms with E-state index in [1.54, 1.807) is 24.3 Å². The third-order valence-corrected chi connectivity index (χ3v) is 4.88. The van der Waals surface area contributed by atoms with E-state index in [0.717, 1.165) is 14.9 Å². The summed E-state index contributed by atoms with van der Waals surface area (Å²) in [4.78, 5) is 13.1. The van der Waals surface area contributed by atoms with Crippen LogP contribution in [-0.4, -0.2) is 16.6 Å². The van der Waals surface area contributed by atoms with Crippen molar-refractivity contribution in [3.05, 3.63) is 57.0 Å². The Bertz CT molecular complexity index is 641. The maximum atomic E-state index is 12.1. The van der Waals surface area contributed by atoms with Gasteiger partial charge in [0.15, 0.2) is 5.78 Å². The van der Waals surface area contributed by atoms with Crippen LogP contribution in [0.15, 0.2) is 45.8 Å². The van der Waals surface area contributed by atoms with E-state index in [0.29, 0.717) is 10.6 Å². The van der Waals surface area contributed by atoms with Crippen molar-refractivity contribution in [3.63, 3.8) is 0 Å². The van der Waals surface area contributed by atoms with Crippen molar-refractivity contribution < 1.29 is 9.90 Å². The smallest absolute Gasteiger partial charge is 0.176 e. The predicted octanol–water partition coefficient (Wildman–Crippen LogP) is 5.09. The van der Waals surface area contributed by atoms with Gasteiger partial charge in [0.2, 0.25) is 0 Å². The van der Waals surface area contributed by atoms with Crippen LogP contribution in [0.4, 0.5) is 0 Å². The van der Waals surface area contributed by atoms with Gasteiger partial charge in [-0.1, -0.05) is 27.5 Å². The molecule has 2 aromatic rings. The van der Waals surface area contributed by atoms with Crippen LogP contribution < -0.4 is 0 Å². The molecule has 0 heterocycles. The molecule has 0 aromatic heterocycles. The first-order valence-corrected chi connectivity index (χ1v) is 8.03. The van der Waals surface area contributed by atoms with Gasteiger partial charge in [-0.25, -0.2) is 0 Å². The van der Waals surface area contributed by atoms with Crippen molar-refractivity contribution in [3.8, 4) is 5.75 Å². The molecule has 0 atom stereocenters. The lowest BCUT2D eigenvalue weighted by Gasteiger charge is -2.07. The summed E-state index contributed by atoms with van der Waals surface area (Å²) in [5.41, 5.74) is 1.23. The fourth-order valence-corrected chi connectivity index (χ4v) is 2.90. The fraction of sp³-hybridized carbons (Fsp3) is 0.133. The molecule has 0 aliphatic carbocycles. The maximum absolute atomic E-state index is 12.1. The zero-order chi connectivity index (χ0) is 14.7. The number of hydrogen-bond donors (Lipinski definition) is 1. The molecule has 2 rings (SSSR count). The van der Waals surface area contributed by atoms with Crippen molar-refractivity contribution in [2.45, 2.75) is 11.8 Å². The molecule has 0 saturated heterocycles. The van der Waals surface area contributed by atoms with Crippen LogP contribution in [0.2, 0.25) is 5.02 Å². The second kappa shape index (κ2) is 6.66. The average Bonchev–Trinajstić information content (AvgIpc) is 2.42. The molecule has 0 bridgehead atoms. The summed E-state index contributed by atoms with van der Waals surface area (Å²) in [6, 6.07) is 10.6. The number of halogens is 2. The number of aromatic hydroxyl groups is 1. The van der Waals surface area contributed by atoms with Crippen molar-refractivity contribution in [1.82, 2.24) is 0 Å². The highest BCUT2D eigenvalue weighted by Gasteiger charge is 2.13. The Morgan fingerprint density at radius 3 is 2.60 bits per heavy atom. The summed E-state index contributed by atoms with van der Waals surface area (Å²) >= 11 is 10.6. The molecule has 0 fully saturated rings. The van der Waals surface area contributed by atoms with Gasteiger partial charge < -0.3 is 5.11 Å². The Hall–Kier alpha value is -0.970. The minimum atomic E-state index is -0.108. The number of thioether (sulfide) groups is 1. The highest BCUT2D eigenvalue weighted by Crippen LogP contribution is 2.28. The van der Waals surface area contributed by atoms with Crippen molar-refractivity contribution >= 4 is 45.1 Å². The van der Waals surface area contributed by atoms with Crippen LogP contribution in [0.5, 0.6) is 5.75 Å². The number of Topliss-reactive ketones (excluding diaryl/α,β-unsaturated/α-hetero) is 1. The Labute approximate surface area is 135 Å². The number of hydrogen-bond acceptors (Lipinski definition) is 3. The number of carbonyl (C=O) groups is 1. The van der Waals surface area contributed by atoms with Gasteiger partial charge in [-0.2, -0.15) is 0 Å². The molecule has 0 aliphatic rings. The van der Waals surface area contributed by atoms with E-state index >= 15 is 0 Å². The van der Waals surface area contributed by atoms with Crippen molar-refractivity contribution in [2.24, 2.45) is 0 Å². The zero-order valence-electron chi connectivity index (χ0n) is 10.7. The zero-order valence-corrected chi connectivity index (χ0v) is 13.8. The van der Waals surface area contributed by atoms with Crippen molar-refractivity contribution in [1.29, 1.82) is 0 Å². The molecule has 2 aromatic carbocycles. The van der Waals surface area contributed by atoms with Crippen molar-refractivity contribution in [2.75, 3.05) is 5.75 Å². The number of carbonyl (C=O) groups excluding carboxylic acids is 1. The molecule has 0 unspecified atom stereocenters. The first-order chi connectivity index (χ1) is 9.47. The number of benzene rings is 2. The molecule has 5 heteroatoms. The van der Waals surface area contributed by atoms with E-state index in [-0.39, 0.29) is 17.3 Å². The number of aryl methyl sites for hydroxylation is 1. The SMILES string of the molecule is Cc1cc(O)c(C(=O)CSc2ccc(Cl)cc2)cc1Br. The number of ketones is 1. The number of phenols is 1. The van der Waals surface area contributed by atoms with Gasteiger partial charge in [0.1, 0.15) is 5.75 Å². The van der Waals surface area contributed by atoms with Crippen LogP contribution in [0.25, 0.3) is 0 Å². The Kier molecular flexibility index (Phi) is 5.13.